The van der Waals surface area contributed by atoms with Gasteiger partial charge in [-0.2, -0.15) is 0 Å². The first-order valence-electron chi connectivity index (χ1n) is 7.59. The van der Waals surface area contributed by atoms with E-state index in [1.54, 1.807) is 0 Å². The van der Waals surface area contributed by atoms with Crippen molar-refractivity contribution in [3.05, 3.63) is 22.4 Å². The van der Waals surface area contributed by atoms with E-state index < -0.39 is 0 Å². The van der Waals surface area contributed by atoms with E-state index in [0.717, 1.165) is 13.1 Å². The topological polar surface area (TPSA) is 3.24 Å². The molecule has 108 valence electrons. The van der Waals surface area contributed by atoms with Gasteiger partial charge >= 0.3 is 0 Å². The van der Waals surface area contributed by atoms with Crippen LogP contribution in [0.5, 0.6) is 0 Å². The summed E-state index contributed by atoms with van der Waals surface area (Å²) in [6, 6.07) is 4.43. The smallest absolute Gasteiger partial charge is 0.0328 e. The van der Waals surface area contributed by atoms with E-state index in [4.69, 9.17) is 0 Å². The summed E-state index contributed by atoms with van der Waals surface area (Å²) in [6.45, 7) is 5.84. The highest BCUT2D eigenvalue weighted by atomic mass is 79.9. The summed E-state index contributed by atoms with van der Waals surface area (Å²) in [6.07, 6.45) is 8.51. The first kappa shape index (κ1) is 15.5. The van der Waals surface area contributed by atoms with Crippen molar-refractivity contribution in [1.29, 1.82) is 0 Å². The van der Waals surface area contributed by atoms with Crippen molar-refractivity contribution < 1.29 is 0 Å². The second-order valence-corrected chi connectivity index (χ2v) is 7.52. The largest absolute Gasteiger partial charge is 0.298 e. The summed E-state index contributed by atoms with van der Waals surface area (Å²) in [4.78, 5) is 4.14. The van der Waals surface area contributed by atoms with Crippen LogP contribution in [0.1, 0.15) is 50.3 Å². The van der Waals surface area contributed by atoms with Crippen LogP contribution >= 0.6 is 27.3 Å². The molecule has 1 aromatic rings. The Morgan fingerprint density at radius 1 is 1.26 bits per heavy atom. The van der Waals surface area contributed by atoms with Crippen LogP contribution in [-0.2, 0) is 6.54 Å². The Balaban J connectivity index is 1.97. The van der Waals surface area contributed by atoms with Gasteiger partial charge in [0.1, 0.15) is 0 Å². The monoisotopic (exact) mass is 343 g/mol. The van der Waals surface area contributed by atoms with Gasteiger partial charge in [0, 0.05) is 23.3 Å². The number of rotatable bonds is 6. The molecule has 1 aliphatic carbocycles. The van der Waals surface area contributed by atoms with Gasteiger partial charge in [-0.25, -0.2) is 0 Å². The zero-order valence-electron chi connectivity index (χ0n) is 12.0. The molecule has 0 N–H and O–H groups in total. The van der Waals surface area contributed by atoms with Crippen molar-refractivity contribution in [2.24, 2.45) is 5.41 Å². The molecule has 1 heterocycles. The standard InChI is InChI=1S/C16H26BrNS/c1-2-18(12-15-8-7-11-19-15)14-16(13-17)9-5-3-4-6-10-16/h7-8,11H,2-6,9-10,12-14H2,1H3. The number of thiophene rings is 1. The molecule has 0 aliphatic heterocycles. The highest BCUT2D eigenvalue weighted by molar-refractivity contribution is 9.09. The molecule has 3 heteroatoms. The first-order chi connectivity index (χ1) is 9.28. The van der Waals surface area contributed by atoms with Crippen LogP contribution in [-0.4, -0.2) is 23.3 Å². The fraction of sp³-hybridized carbons (Fsp3) is 0.750. The van der Waals surface area contributed by atoms with Crippen molar-refractivity contribution in [2.45, 2.75) is 52.0 Å². The molecule has 1 nitrogen and oxygen atoms in total. The van der Waals surface area contributed by atoms with Gasteiger partial charge in [0.25, 0.3) is 0 Å². The zero-order valence-corrected chi connectivity index (χ0v) is 14.4. The van der Waals surface area contributed by atoms with E-state index in [1.807, 2.05) is 11.3 Å². The molecule has 0 unspecified atom stereocenters. The lowest BCUT2D eigenvalue weighted by atomic mass is 9.82. The van der Waals surface area contributed by atoms with Crippen molar-refractivity contribution in [3.8, 4) is 0 Å². The van der Waals surface area contributed by atoms with Crippen LogP contribution in [0.25, 0.3) is 0 Å². The molecule has 2 rings (SSSR count). The molecule has 19 heavy (non-hydrogen) atoms. The fourth-order valence-electron chi connectivity index (χ4n) is 3.19. The lowest BCUT2D eigenvalue weighted by Gasteiger charge is -2.36. The van der Waals surface area contributed by atoms with Gasteiger partial charge in [-0.1, -0.05) is 54.6 Å². The molecule has 0 atom stereocenters. The maximum absolute atomic E-state index is 3.81. The molecule has 1 aromatic heterocycles. The van der Waals surface area contributed by atoms with Gasteiger partial charge in [-0.3, -0.25) is 4.90 Å². The fourth-order valence-corrected chi connectivity index (χ4v) is 4.67. The lowest BCUT2D eigenvalue weighted by Crippen LogP contribution is -2.38. The maximum atomic E-state index is 3.81. The third kappa shape index (κ3) is 4.57. The molecule has 0 aromatic carbocycles. The Morgan fingerprint density at radius 3 is 2.53 bits per heavy atom. The first-order valence-corrected chi connectivity index (χ1v) is 9.59. The Labute approximate surface area is 130 Å². The average Bonchev–Trinajstić information content (AvgIpc) is 2.83. The summed E-state index contributed by atoms with van der Waals surface area (Å²) >= 11 is 5.70. The molecular weight excluding hydrogens is 318 g/mol. The van der Waals surface area contributed by atoms with E-state index in [9.17, 15) is 0 Å². The predicted octanol–water partition coefficient (Wildman–Crippen LogP) is 5.31. The minimum atomic E-state index is 0.518. The Kier molecular flexibility index (Phi) is 6.37. The summed E-state index contributed by atoms with van der Waals surface area (Å²) < 4.78 is 0. The maximum Gasteiger partial charge on any atom is 0.0328 e. The molecule has 0 spiro atoms. The number of halogens is 1. The second-order valence-electron chi connectivity index (χ2n) is 5.93. The minimum Gasteiger partial charge on any atom is -0.298 e. The van der Waals surface area contributed by atoms with Crippen LogP contribution in [0.15, 0.2) is 17.5 Å². The summed E-state index contributed by atoms with van der Waals surface area (Å²) in [5.41, 5.74) is 0.518. The van der Waals surface area contributed by atoms with E-state index in [2.05, 4.69) is 45.3 Å². The number of hydrogen-bond donors (Lipinski definition) is 0. The van der Waals surface area contributed by atoms with Crippen molar-refractivity contribution in [3.63, 3.8) is 0 Å². The molecule has 0 bridgehead atoms. The van der Waals surface area contributed by atoms with Gasteiger partial charge in [-0.15, -0.1) is 11.3 Å². The normalized spacial score (nSPS) is 19.5. The van der Waals surface area contributed by atoms with E-state index >= 15 is 0 Å². The highest BCUT2D eigenvalue weighted by Crippen LogP contribution is 2.37. The third-order valence-electron chi connectivity index (χ3n) is 4.41. The van der Waals surface area contributed by atoms with Crippen molar-refractivity contribution in [2.75, 3.05) is 18.4 Å². The van der Waals surface area contributed by atoms with Gasteiger partial charge in [0.2, 0.25) is 0 Å². The van der Waals surface area contributed by atoms with Gasteiger partial charge < -0.3 is 0 Å². The number of hydrogen-bond acceptors (Lipinski definition) is 2. The quantitative estimate of drug-likeness (QED) is 0.500. The molecule has 0 radical (unpaired) electrons. The van der Waals surface area contributed by atoms with E-state index in [-0.39, 0.29) is 0 Å². The van der Waals surface area contributed by atoms with Crippen LogP contribution in [0, 0.1) is 5.41 Å². The Morgan fingerprint density at radius 2 is 2.00 bits per heavy atom. The lowest BCUT2D eigenvalue weighted by molar-refractivity contribution is 0.152. The molecule has 1 fully saturated rings. The van der Waals surface area contributed by atoms with Gasteiger partial charge in [0.05, 0.1) is 0 Å². The number of nitrogens with zero attached hydrogens (tertiary/aromatic N) is 1. The van der Waals surface area contributed by atoms with Gasteiger partial charge in [-0.05, 0) is 36.2 Å². The molecule has 0 saturated heterocycles. The van der Waals surface area contributed by atoms with E-state index in [0.29, 0.717) is 5.41 Å². The second kappa shape index (κ2) is 7.80. The average molecular weight is 344 g/mol. The third-order valence-corrected chi connectivity index (χ3v) is 6.46. The van der Waals surface area contributed by atoms with Gasteiger partial charge in [0.15, 0.2) is 0 Å². The van der Waals surface area contributed by atoms with Crippen LogP contribution in [0.3, 0.4) is 0 Å². The summed E-state index contributed by atoms with van der Waals surface area (Å²) in [5.74, 6) is 0. The summed E-state index contributed by atoms with van der Waals surface area (Å²) in [7, 11) is 0. The molecule has 0 amide bonds. The van der Waals surface area contributed by atoms with Crippen LogP contribution < -0.4 is 0 Å². The SMILES string of the molecule is CCN(Cc1cccs1)CC1(CBr)CCCCCC1. The van der Waals surface area contributed by atoms with E-state index in [1.165, 1.54) is 55.3 Å². The number of alkyl halides is 1. The summed E-state index contributed by atoms with van der Waals surface area (Å²) in [5, 5.41) is 3.36. The molecule has 1 saturated carbocycles. The zero-order chi connectivity index (χ0) is 13.6. The Hall–Kier alpha value is 0.140. The van der Waals surface area contributed by atoms with Crippen molar-refractivity contribution >= 4 is 27.3 Å². The minimum absolute atomic E-state index is 0.518. The predicted molar refractivity (Wildman–Crippen MR) is 89.2 cm³/mol. The molecular formula is C16H26BrNS. The Bertz CT molecular complexity index is 342. The van der Waals surface area contributed by atoms with Crippen LogP contribution in [0.2, 0.25) is 0 Å². The molecule has 1 aliphatic rings. The van der Waals surface area contributed by atoms with Crippen molar-refractivity contribution in [1.82, 2.24) is 4.90 Å². The van der Waals surface area contributed by atoms with Crippen LogP contribution in [0.4, 0.5) is 0 Å². The highest BCUT2D eigenvalue weighted by Gasteiger charge is 2.31.